The van der Waals surface area contributed by atoms with Crippen LogP contribution in [0.5, 0.6) is 11.8 Å². The zero-order valence-electron chi connectivity index (χ0n) is 30.2. The van der Waals surface area contributed by atoms with Crippen LogP contribution in [0.1, 0.15) is 48.8 Å². The SMILES string of the molecule is Cc1nn(-c2ccccc2)c(O)c1C=Nc1cc(CS(=O)[O-])ccc1C(=O)O.Cc1nn(-c2ccccc2)c(O)c1C=Nc1cc(S(C)(=O)=O)ccc1C(=O)O.[Co]. The minimum atomic E-state index is -3.53. The number of carboxylic acid groups (broad SMARTS) is 2. The number of aliphatic imine (C=N–C) groups is 2. The Hall–Kier alpha value is -6.25. The van der Waals surface area contributed by atoms with Crippen molar-refractivity contribution in [2.24, 2.45) is 9.98 Å². The summed E-state index contributed by atoms with van der Waals surface area (Å²) < 4.78 is 48.0. The first kappa shape index (κ1) is 43.5. The molecule has 4 aromatic carbocycles. The standard InChI is InChI=1S/2C19H17N3O5S.Co/c1-12-16(18(23)22(21-12)13-6-4-3-5-7-13)11-20-17-10-14(28(2,26)27)8-9-15(17)19(24)25;1-12-16(18(23)22(21-12)14-5-3-2-4-6-14)10-20-17-9-13(11-28(26)27)7-8-15(17)19(24)25;/h3-11,23H,1-2H3,(H,24,25);2-10,23H,11H2,1H3,(H,24,25)(H,26,27);/p-1. The Morgan fingerprint density at radius 1 is 0.737 bits per heavy atom. The number of hydrogen-bond donors (Lipinski definition) is 4. The number of sulfone groups is 1. The Balaban J connectivity index is 0.000000248. The van der Waals surface area contributed by atoms with Gasteiger partial charge < -0.3 is 25.0 Å². The zero-order chi connectivity index (χ0) is 40.7. The molecule has 4 N–H and O–H groups in total. The number of aryl methyl sites for hydroxylation is 2. The number of carboxylic acids is 2. The van der Waals surface area contributed by atoms with Crippen LogP contribution in [0.2, 0.25) is 0 Å². The Morgan fingerprint density at radius 3 is 1.56 bits per heavy atom. The smallest absolute Gasteiger partial charge is 0.337 e. The first-order valence-corrected chi connectivity index (χ1v) is 19.4. The number of aromatic carboxylic acids is 2. The molecule has 16 nitrogen and oxygen atoms in total. The number of benzene rings is 4. The van der Waals surface area contributed by atoms with E-state index in [1.807, 2.05) is 24.3 Å². The van der Waals surface area contributed by atoms with Crippen molar-refractivity contribution >= 4 is 56.7 Å². The maximum Gasteiger partial charge on any atom is 0.337 e. The molecule has 6 rings (SSSR count). The molecule has 0 aliphatic heterocycles. The van der Waals surface area contributed by atoms with Crippen LogP contribution in [0.25, 0.3) is 11.4 Å². The van der Waals surface area contributed by atoms with Gasteiger partial charge in [0.25, 0.3) is 0 Å². The van der Waals surface area contributed by atoms with Crippen LogP contribution in [0.4, 0.5) is 11.4 Å². The van der Waals surface area contributed by atoms with Crippen LogP contribution in [0.15, 0.2) is 112 Å². The summed E-state index contributed by atoms with van der Waals surface area (Å²) in [5, 5.41) is 48.2. The summed E-state index contributed by atoms with van der Waals surface area (Å²) in [7, 11) is -3.53. The van der Waals surface area contributed by atoms with Crippen LogP contribution >= 0.6 is 0 Å². The minimum absolute atomic E-state index is 0. The first-order valence-electron chi connectivity index (χ1n) is 16.3. The third-order valence-electron chi connectivity index (χ3n) is 8.03. The van der Waals surface area contributed by atoms with Gasteiger partial charge in [0.1, 0.15) is 0 Å². The molecule has 0 fully saturated rings. The fourth-order valence-corrected chi connectivity index (χ4v) is 6.34. The molecule has 297 valence electrons. The molecule has 0 amide bonds. The molecular weight excluding hydrogens is 824 g/mol. The van der Waals surface area contributed by atoms with E-state index < -0.39 is 32.9 Å². The van der Waals surface area contributed by atoms with Crippen molar-refractivity contribution in [3.63, 3.8) is 0 Å². The van der Waals surface area contributed by atoms with Gasteiger partial charge in [-0.15, -0.1) is 0 Å². The van der Waals surface area contributed by atoms with Gasteiger partial charge in [0, 0.05) is 41.2 Å². The molecule has 6 aromatic rings. The summed E-state index contributed by atoms with van der Waals surface area (Å²) in [6.45, 7) is 3.36. The van der Waals surface area contributed by atoms with Crippen molar-refractivity contribution in [1.29, 1.82) is 0 Å². The topological polar surface area (TPSA) is 250 Å². The van der Waals surface area contributed by atoms with Crippen LogP contribution in [-0.2, 0) is 43.4 Å². The van der Waals surface area contributed by atoms with Gasteiger partial charge in [-0.05, 0) is 74.0 Å². The number of para-hydroxylation sites is 2. The summed E-state index contributed by atoms with van der Waals surface area (Å²) >= 11 is -2.31. The van der Waals surface area contributed by atoms with E-state index in [1.54, 1.807) is 50.2 Å². The van der Waals surface area contributed by atoms with E-state index in [2.05, 4.69) is 20.2 Å². The molecule has 1 atom stereocenters. The molecule has 1 radical (unpaired) electrons. The van der Waals surface area contributed by atoms with E-state index in [4.69, 9.17) is 0 Å². The molecule has 0 saturated carbocycles. The maximum absolute atomic E-state index is 11.8. The molecule has 0 aliphatic rings. The fraction of sp³-hybridized carbons (Fsp3) is 0.105. The normalized spacial score (nSPS) is 11.9. The number of carbonyl (C=O) groups is 2. The average molecular weight is 857 g/mol. The quantitative estimate of drug-likeness (QED) is 0.0938. The molecule has 0 bridgehead atoms. The second kappa shape index (κ2) is 18.6. The van der Waals surface area contributed by atoms with E-state index in [9.17, 15) is 47.2 Å². The predicted octanol–water partition coefficient (Wildman–Crippen LogP) is 5.45. The van der Waals surface area contributed by atoms with E-state index in [-0.39, 0.29) is 61.7 Å². The number of aromatic nitrogens is 4. The second-order valence-corrected chi connectivity index (χ2v) is 14.9. The van der Waals surface area contributed by atoms with Gasteiger partial charge in [-0.25, -0.2) is 27.4 Å². The van der Waals surface area contributed by atoms with Gasteiger partial charge >= 0.3 is 11.9 Å². The summed E-state index contributed by atoms with van der Waals surface area (Å²) in [4.78, 5) is 31.1. The van der Waals surface area contributed by atoms with Crippen molar-refractivity contribution in [1.82, 2.24) is 19.6 Å². The zero-order valence-corrected chi connectivity index (χ0v) is 32.8. The number of nitrogens with zero attached hydrogens (tertiary/aromatic N) is 6. The molecule has 0 aliphatic carbocycles. The average Bonchev–Trinajstić information content (AvgIpc) is 3.61. The van der Waals surface area contributed by atoms with Gasteiger partial charge in [0.15, 0.2) is 9.84 Å². The summed E-state index contributed by atoms with van der Waals surface area (Å²) in [6, 6.07) is 25.7. The largest absolute Gasteiger partial charge is 0.772 e. The number of hydrogen-bond acceptors (Lipinski definition) is 12. The van der Waals surface area contributed by atoms with E-state index in [0.29, 0.717) is 39.5 Å². The molecule has 0 saturated heterocycles. The summed E-state index contributed by atoms with van der Waals surface area (Å²) in [5.41, 5.74) is 3.13. The predicted molar refractivity (Wildman–Crippen MR) is 207 cm³/mol. The Kier molecular flexibility index (Phi) is 14.2. The van der Waals surface area contributed by atoms with E-state index >= 15 is 0 Å². The maximum atomic E-state index is 11.8. The van der Waals surface area contributed by atoms with E-state index in [1.165, 1.54) is 58.2 Å². The Morgan fingerprint density at radius 2 is 1.16 bits per heavy atom. The third-order valence-corrected chi connectivity index (χ3v) is 9.71. The van der Waals surface area contributed by atoms with Crippen molar-refractivity contribution in [3.05, 3.63) is 136 Å². The van der Waals surface area contributed by atoms with Crippen molar-refractivity contribution < 1.29 is 64.0 Å². The van der Waals surface area contributed by atoms with Crippen molar-refractivity contribution in [3.8, 4) is 23.1 Å². The summed E-state index contributed by atoms with van der Waals surface area (Å²) in [6.07, 6.45) is 3.61. The van der Waals surface area contributed by atoms with Crippen LogP contribution in [-0.4, -0.2) is 87.8 Å². The molecule has 57 heavy (non-hydrogen) atoms. The van der Waals surface area contributed by atoms with Crippen LogP contribution in [0.3, 0.4) is 0 Å². The van der Waals surface area contributed by atoms with Gasteiger partial charge in [-0.3, -0.25) is 14.2 Å². The second-order valence-electron chi connectivity index (χ2n) is 12.0. The van der Waals surface area contributed by atoms with Crippen LogP contribution in [0, 0.1) is 13.8 Å². The van der Waals surface area contributed by atoms with Gasteiger partial charge in [0.05, 0.1) is 61.3 Å². The Labute approximate surface area is 338 Å². The fourth-order valence-electron chi connectivity index (χ4n) is 5.24. The van der Waals surface area contributed by atoms with E-state index in [0.717, 1.165) is 6.26 Å². The van der Waals surface area contributed by atoms with Crippen molar-refractivity contribution in [2.75, 3.05) is 6.26 Å². The van der Waals surface area contributed by atoms with Crippen molar-refractivity contribution in [2.45, 2.75) is 24.5 Å². The number of rotatable bonds is 11. The Bertz CT molecular complexity index is 2630. The molecule has 2 aromatic heterocycles. The van der Waals surface area contributed by atoms with Crippen LogP contribution < -0.4 is 0 Å². The molecule has 1 unspecified atom stereocenters. The third kappa shape index (κ3) is 10.5. The molecule has 2 heterocycles. The van der Waals surface area contributed by atoms with Gasteiger partial charge in [-0.1, -0.05) is 53.5 Å². The first-order chi connectivity index (χ1) is 26.5. The van der Waals surface area contributed by atoms with Gasteiger partial charge in [-0.2, -0.15) is 10.2 Å². The molecule has 19 heteroatoms. The van der Waals surface area contributed by atoms with Gasteiger partial charge in [0.2, 0.25) is 11.8 Å². The number of aromatic hydroxyl groups is 2. The monoisotopic (exact) mass is 856 g/mol. The molecular formula is C38H33CoN6O10S2-. The minimum Gasteiger partial charge on any atom is -0.772 e. The molecule has 0 spiro atoms. The summed E-state index contributed by atoms with van der Waals surface area (Å²) in [5.74, 6) is -2.99.